The van der Waals surface area contributed by atoms with Crippen molar-refractivity contribution in [3.05, 3.63) is 95.9 Å². The average Bonchev–Trinajstić information content (AvgIpc) is 2.93. The molecule has 0 radical (unpaired) electrons. The molecule has 0 fully saturated rings. The van der Waals surface area contributed by atoms with Gasteiger partial charge in [0.15, 0.2) is 0 Å². The molecule has 0 unspecified atom stereocenters. The van der Waals surface area contributed by atoms with E-state index in [9.17, 15) is 22.8 Å². The average molecular weight is 532 g/mol. The standard InChI is InChI=1S/C22H20N4O.C7H4F3NO/c1-15-6-7-19(24-2)14-20(15)18-5-3-4-16(12-18)17-9-11-25-21(13-17)26-22(27)8-10-23;8-7(9,10)6-3-5(4-12)1-2-11-6/h3-7,9,11-14,24H,8H2,1-2H3,(H,25,26,27);1-4H. The number of hydrogen-bond donors (Lipinski definition) is 2. The highest BCUT2D eigenvalue weighted by atomic mass is 19.4. The summed E-state index contributed by atoms with van der Waals surface area (Å²) in [5.41, 5.74) is 5.44. The van der Waals surface area contributed by atoms with Gasteiger partial charge in [-0.2, -0.15) is 18.4 Å². The first-order chi connectivity index (χ1) is 18.6. The van der Waals surface area contributed by atoms with E-state index in [2.05, 4.69) is 57.9 Å². The molecule has 7 nitrogen and oxygen atoms in total. The molecule has 0 bridgehead atoms. The summed E-state index contributed by atoms with van der Waals surface area (Å²) in [6.45, 7) is 2.09. The Hall–Kier alpha value is -5.04. The first-order valence-electron chi connectivity index (χ1n) is 11.6. The van der Waals surface area contributed by atoms with Crippen molar-refractivity contribution in [2.75, 3.05) is 17.7 Å². The Morgan fingerprint density at radius 1 is 0.974 bits per heavy atom. The largest absolute Gasteiger partial charge is 0.433 e. The number of carbonyl (C=O) groups is 2. The number of anilines is 2. The molecule has 4 rings (SSSR count). The van der Waals surface area contributed by atoms with Crippen molar-refractivity contribution in [1.29, 1.82) is 5.26 Å². The van der Waals surface area contributed by atoms with Gasteiger partial charge in [-0.3, -0.25) is 14.6 Å². The predicted molar refractivity (Wildman–Crippen MR) is 143 cm³/mol. The van der Waals surface area contributed by atoms with Crippen LogP contribution >= 0.6 is 0 Å². The van der Waals surface area contributed by atoms with Crippen LogP contribution in [0.2, 0.25) is 0 Å². The van der Waals surface area contributed by atoms with Gasteiger partial charge in [-0.1, -0.05) is 24.3 Å². The number of halogens is 3. The van der Waals surface area contributed by atoms with E-state index in [0.29, 0.717) is 18.2 Å². The summed E-state index contributed by atoms with van der Waals surface area (Å²) >= 11 is 0. The molecule has 0 aliphatic rings. The Kier molecular flexibility index (Phi) is 9.48. The number of nitrogens with one attached hydrogen (secondary N) is 2. The lowest BCUT2D eigenvalue weighted by Crippen LogP contribution is -2.11. The van der Waals surface area contributed by atoms with Crippen LogP contribution < -0.4 is 10.6 Å². The van der Waals surface area contributed by atoms with E-state index in [-0.39, 0.29) is 17.9 Å². The van der Waals surface area contributed by atoms with E-state index < -0.39 is 11.9 Å². The van der Waals surface area contributed by atoms with Gasteiger partial charge in [-0.15, -0.1) is 0 Å². The molecule has 198 valence electrons. The summed E-state index contributed by atoms with van der Waals surface area (Å²) in [4.78, 5) is 28.9. The fourth-order valence-electron chi connectivity index (χ4n) is 3.57. The summed E-state index contributed by atoms with van der Waals surface area (Å²) in [5.74, 6) is 0.0712. The minimum absolute atomic E-state index is 0.0303. The first kappa shape index (κ1) is 28.5. The van der Waals surface area contributed by atoms with Crippen LogP contribution in [0.1, 0.15) is 28.0 Å². The van der Waals surface area contributed by atoms with Gasteiger partial charge >= 0.3 is 6.18 Å². The number of nitriles is 1. The van der Waals surface area contributed by atoms with Crippen molar-refractivity contribution in [3.8, 4) is 28.3 Å². The summed E-state index contributed by atoms with van der Waals surface area (Å²) in [7, 11) is 1.91. The molecular weight excluding hydrogens is 507 g/mol. The van der Waals surface area contributed by atoms with E-state index in [1.165, 1.54) is 17.2 Å². The number of nitrogens with zero attached hydrogens (tertiary/aromatic N) is 3. The third kappa shape index (κ3) is 7.97. The maximum atomic E-state index is 11.9. The lowest BCUT2D eigenvalue weighted by Gasteiger charge is -2.11. The van der Waals surface area contributed by atoms with Crippen LogP contribution in [0, 0.1) is 18.3 Å². The molecule has 0 spiro atoms. The second kappa shape index (κ2) is 13.0. The zero-order valence-corrected chi connectivity index (χ0v) is 21.1. The first-order valence-corrected chi connectivity index (χ1v) is 11.6. The van der Waals surface area contributed by atoms with Gasteiger partial charge in [0, 0.05) is 30.7 Å². The van der Waals surface area contributed by atoms with Crippen molar-refractivity contribution < 1.29 is 22.8 Å². The summed E-state index contributed by atoms with van der Waals surface area (Å²) in [6, 6.07) is 22.0. The molecule has 1 amide bonds. The highest BCUT2D eigenvalue weighted by molar-refractivity contribution is 5.91. The van der Waals surface area contributed by atoms with Gasteiger partial charge in [-0.05, 0) is 77.2 Å². The fraction of sp³-hybridized carbons (Fsp3) is 0.138. The van der Waals surface area contributed by atoms with Crippen LogP contribution in [-0.2, 0) is 11.0 Å². The number of rotatable bonds is 6. The lowest BCUT2D eigenvalue weighted by molar-refractivity contribution is -0.141. The van der Waals surface area contributed by atoms with Crippen LogP contribution in [0.15, 0.2) is 79.1 Å². The van der Waals surface area contributed by atoms with E-state index in [1.807, 2.05) is 37.4 Å². The lowest BCUT2D eigenvalue weighted by atomic mass is 9.96. The third-order valence-electron chi connectivity index (χ3n) is 5.51. The normalized spacial score (nSPS) is 10.5. The fourth-order valence-corrected chi connectivity index (χ4v) is 3.57. The van der Waals surface area contributed by atoms with E-state index in [1.54, 1.807) is 6.20 Å². The van der Waals surface area contributed by atoms with Gasteiger partial charge < -0.3 is 10.6 Å². The SMILES string of the molecule is CNc1ccc(C)c(-c2cccc(-c3ccnc(NC(=O)CC#N)c3)c2)c1.O=Cc1ccnc(C(F)(F)F)c1. The number of aldehydes is 1. The molecule has 10 heteroatoms. The molecule has 0 aliphatic heterocycles. The number of hydrogen-bond acceptors (Lipinski definition) is 6. The van der Waals surface area contributed by atoms with Crippen molar-refractivity contribution >= 4 is 23.7 Å². The van der Waals surface area contributed by atoms with Crippen LogP contribution in [0.3, 0.4) is 0 Å². The topological polar surface area (TPSA) is 108 Å². The maximum Gasteiger partial charge on any atom is 0.433 e. The van der Waals surface area contributed by atoms with Gasteiger partial charge in [0.2, 0.25) is 5.91 Å². The number of pyridine rings is 2. The molecule has 0 saturated carbocycles. The molecular formula is C29H24F3N5O2. The van der Waals surface area contributed by atoms with Crippen molar-refractivity contribution in [2.45, 2.75) is 19.5 Å². The summed E-state index contributed by atoms with van der Waals surface area (Å²) < 4.78 is 35.8. The van der Waals surface area contributed by atoms with E-state index in [4.69, 9.17) is 5.26 Å². The number of aromatic nitrogens is 2. The number of carbonyl (C=O) groups excluding carboxylic acids is 2. The number of alkyl halides is 3. The minimum atomic E-state index is -4.49. The van der Waals surface area contributed by atoms with Gasteiger partial charge in [0.25, 0.3) is 0 Å². The van der Waals surface area contributed by atoms with Gasteiger partial charge in [0.1, 0.15) is 24.2 Å². The summed E-state index contributed by atoms with van der Waals surface area (Å²) in [6.07, 6.45) is -1.73. The second-order valence-corrected chi connectivity index (χ2v) is 8.26. The van der Waals surface area contributed by atoms with Crippen LogP contribution in [0.5, 0.6) is 0 Å². The molecule has 0 atom stereocenters. The van der Waals surface area contributed by atoms with Crippen molar-refractivity contribution in [3.63, 3.8) is 0 Å². The highest BCUT2D eigenvalue weighted by Crippen LogP contribution is 2.31. The maximum absolute atomic E-state index is 11.9. The smallest absolute Gasteiger partial charge is 0.388 e. The number of amides is 1. The molecule has 2 heterocycles. The zero-order valence-electron chi connectivity index (χ0n) is 21.1. The molecule has 2 aromatic carbocycles. The Balaban J connectivity index is 0.000000293. The molecule has 0 aliphatic carbocycles. The third-order valence-corrected chi connectivity index (χ3v) is 5.51. The van der Waals surface area contributed by atoms with Crippen LogP contribution in [0.25, 0.3) is 22.3 Å². The van der Waals surface area contributed by atoms with Crippen LogP contribution in [-0.4, -0.2) is 29.2 Å². The Morgan fingerprint density at radius 2 is 1.69 bits per heavy atom. The number of benzene rings is 2. The van der Waals surface area contributed by atoms with E-state index >= 15 is 0 Å². The van der Waals surface area contributed by atoms with Gasteiger partial charge in [-0.25, -0.2) is 4.98 Å². The second-order valence-electron chi connectivity index (χ2n) is 8.26. The van der Waals surface area contributed by atoms with Crippen molar-refractivity contribution in [2.24, 2.45) is 0 Å². The monoisotopic (exact) mass is 531 g/mol. The zero-order chi connectivity index (χ0) is 28.4. The number of aryl methyl sites for hydroxylation is 1. The Morgan fingerprint density at radius 3 is 2.38 bits per heavy atom. The molecule has 2 aromatic heterocycles. The van der Waals surface area contributed by atoms with Crippen LogP contribution in [0.4, 0.5) is 24.7 Å². The van der Waals surface area contributed by atoms with Crippen molar-refractivity contribution in [1.82, 2.24) is 9.97 Å². The molecule has 4 aromatic rings. The Bertz CT molecular complexity index is 1510. The summed E-state index contributed by atoms with van der Waals surface area (Å²) in [5, 5.41) is 14.4. The van der Waals surface area contributed by atoms with Gasteiger partial charge in [0.05, 0.1) is 6.07 Å². The molecule has 2 N–H and O–H groups in total. The highest BCUT2D eigenvalue weighted by Gasteiger charge is 2.32. The van der Waals surface area contributed by atoms with E-state index in [0.717, 1.165) is 28.6 Å². The minimum Gasteiger partial charge on any atom is -0.388 e. The predicted octanol–water partition coefficient (Wildman–Crippen LogP) is 6.53. The Labute approximate surface area is 223 Å². The quantitative estimate of drug-likeness (QED) is 0.274. The molecule has 0 saturated heterocycles. The molecule has 39 heavy (non-hydrogen) atoms.